The Morgan fingerprint density at radius 3 is 2.87 bits per heavy atom. The van der Waals surface area contributed by atoms with Crippen LogP contribution in [0.15, 0.2) is 18.2 Å². The Morgan fingerprint density at radius 2 is 2.27 bits per heavy atom. The highest BCUT2D eigenvalue weighted by molar-refractivity contribution is 6.18. The fourth-order valence-corrected chi connectivity index (χ4v) is 1.22. The van der Waals surface area contributed by atoms with E-state index < -0.39 is 0 Å². The summed E-state index contributed by atoms with van der Waals surface area (Å²) in [6.07, 6.45) is 0.615. The number of alkyl halides is 1. The molecular formula is C12H10ClNO. The molecular weight excluding hydrogens is 210 g/mol. The van der Waals surface area contributed by atoms with Crippen molar-refractivity contribution in [3.63, 3.8) is 0 Å². The van der Waals surface area contributed by atoms with Crippen LogP contribution in [-0.2, 0) is 0 Å². The summed E-state index contributed by atoms with van der Waals surface area (Å²) in [5, 5.41) is 8.96. The van der Waals surface area contributed by atoms with Crippen molar-refractivity contribution in [2.45, 2.75) is 6.42 Å². The minimum Gasteiger partial charge on any atom is -0.495 e. The van der Waals surface area contributed by atoms with E-state index in [2.05, 4.69) is 17.9 Å². The van der Waals surface area contributed by atoms with E-state index >= 15 is 0 Å². The van der Waals surface area contributed by atoms with E-state index in [0.717, 1.165) is 0 Å². The number of hydrogen-bond acceptors (Lipinski definition) is 2. The fraction of sp³-hybridized carbons (Fsp3) is 0.250. The van der Waals surface area contributed by atoms with Crippen LogP contribution in [-0.4, -0.2) is 13.0 Å². The molecule has 0 saturated carbocycles. The zero-order chi connectivity index (χ0) is 11.1. The van der Waals surface area contributed by atoms with Crippen molar-refractivity contribution >= 4 is 11.6 Å². The molecule has 2 nitrogen and oxygen atoms in total. The molecule has 0 saturated heterocycles. The van der Waals surface area contributed by atoms with Crippen LogP contribution in [0.1, 0.15) is 17.5 Å². The first-order chi connectivity index (χ1) is 7.33. The van der Waals surface area contributed by atoms with Gasteiger partial charge in [-0.1, -0.05) is 17.9 Å². The van der Waals surface area contributed by atoms with E-state index in [4.69, 9.17) is 21.6 Å². The monoisotopic (exact) mass is 219 g/mol. The molecule has 0 heterocycles. The molecule has 3 heteroatoms. The summed E-state index contributed by atoms with van der Waals surface area (Å²) in [7, 11) is 1.53. The molecule has 0 radical (unpaired) electrons. The van der Waals surface area contributed by atoms with Gasteiger partial charge in [-0.05, 0) is 12.1 Å². The van der Waals surface area contributed by atoms with Gasteiger partial charge in [-0.2, -0.15) is 5.26 Å². The van der Waals surface area contributed by atoms with Crippen molar-refractivity contribution in [1.29, 1.82) is 5.26 Å². The predicted octanol–water partition coefficient (Wildman–Crippen LogP) is 2.55. The van der Waals surface area contributed by atoms with Gasteiger partial charge in [0.15, 0.2) is 0 Å². The van der Waals surface area contributed by atoms with Gasteiger partial charge in [0, 0.05) is 17.9 Å². The first-order valence-corrected chi connectivity index (χ1v) is 4.99. The Balaban J connectivity index is 3.10. The third kappa shape index (κ3) is 2.91. The lowest BCUT2D eigenvalue weighted by Crippen LogP contribution is -1.91. The predicted molar refractivity (Wildman–Crippen MR) is 59.9 cm³/mol. The molecule has 0 N–H and O–H groups in total. The van der Waals surface area contributed by atoms with Crippen molar-refractivity contribution in [3.8, 4) is 23.7 Å². The van der Waals surface area contributed by atoms with Crippen LogP contribution in [0.5, 0.6) is 5.75 Å². The molecule has 76 valence electrons. The van der Waals surface area contributed by atoms with E-state index in [1.54, 1.807) is 12.1 Å². The van der Waals surface area contributed by atoms with Crippen LogP contribution in [0.25, 0.3) is 0 Å². The smallest absolute Gasteiger partial charge is 0.137 e. The Labute approximate surface area is 94.4 Å². The van der Waals surface area contributed by atoms with Gasteiger partial charge in [0.05, 0.1) is 7.11 Å². The standard InChI is InChI=1S/C12H10ClNO/c1-15-12-7-4-6-10(11(12)9-14)5-2-3-8-13/h4,6-7H,3,8H2,1H3. The maximum Gasteiger partial charge on any atom is 0.137 e. The van der Waals surface area contributed by atoms with Crippen molar-refractivity contribution in [2.24, 2.45) is 0 Å². The second-order valence-corrected chi connectivity index (χ2v) is 3.11. The topological polar surface area (TPSA) is 33.0 Å². The lowest BCUT2D eigenvalue weighted by molar-refractivity contribution is 0.413. The zero-order valence-corrected chi connectivity index (χ0v) is 9.14. The summed E-state index contributed by atoms with van der Waals surface area (Å²) in [6, 6.07) is 7.43. The van der Waals surface area contributed by atoms with Crippen LogP contribution < -0.4 is 4.74 Å². The number of hydrogen-bond donors (Lipinski definition) is 0. The average molecular weight is 220 g/mol. The van der Waals surface area contributed by atoms with Crippen molar-refractivity contribution in [1.82, 2.24) is 0 Å². The Hall–Kier alpha value is -1.64. The molecule has 0 aliphatic rings. The first kappa shape index (κ1) is 11.4. The summed E-state index contributed by atoms with van der Waals surface area (Å²) >= 11 is 5.51. The van der Waals surface area contributed by atoms with Crippen LogP contribution >= 0.6 is 11.6 Å². The molecule has 0 aromatic heterocycles. The van der Waals surface area contributed by atoms with Gasteiger partial charge in [-0.25, -0.2) is 0 Å². The maximum atomic E-state index is 8.96. The van der Waals surface area contributed by atoms with E-state index in [9.17, 15) is 0 Å². The van der Waals surface area contributed by atoms with Gasteiger partial charge in [-0.3, -0.25) is 0 Å². The zero-order valence-electron chi connectivity index (χ0n) is 8.38. The van der Waals surface area contributed by atoms with Crippen molar-refractivity contribution < 1.29 is 4.74 Å². The van der Waals surface area contributed by atoms with E-state index in [1.165, 1.54) is 7.11 Å². The number of ether oxygens (including phenoxy) is 1. The highest BCUT2D eigenvalue weighted by Crippen LogP contribution is 2.20. The fourth-order valence-electron chi connectivity index (χ4n) is 1.13. The molecule has 1 aromatic carbocycles. The van der Waals surface area contributed by atoms with Gasteiger partial charge in [0.1, 0.15) is 17.4 Å². The quantitative estimate of drug-likeness (QED) is 0.566. The summed E-state index contributed by atoms with van der Waals surface area (Å²) in [5.41, 5.74) is 1.16. The highest BCUT2D eigenvalue weighted by atomic mass is 35.5. The van der Waals surface area contributed by atoms with E-state index in [-0.39, 0.29) is 0 Å². The Morgan fingerprint density at radius 1 is 1.47 bits per heavy atom. The third-order valence-corrected chi connectivity index (χ3v) is 1.99. The lowest BCUT2D eigenvalue weighted by Gasteiger charge is -2.02. The van der Waals surface area contributed by atoms with Crippen molar-refractivity contribution in [2.75, 3.05) is 13.0 Å². The molecule has 0 aliphatic carbocycles. The molecule has 0 fully saturated rings. The summed E-state index contributed by atoms with van der Waals surface area (Å²) < 4.78 is 5.07. The molecule has 15 heavy (non-hydrogen) atoms. The summed E-state index contributed by atoms with van der Waals surface area (Å²) in [4.78, 5) is 0. The SMILES string of the molecule is COc1cccc(C#CCCCl)c1C#N. The van der Waals surface area contributed by atoms with Crippen molar-refractivity contribution in [3.05, 3.63) is 29.3 Å². The van der Waals surface area contributed by atoms with Gasteiger partial charge < -0.3 is 4.74 Å². The Kier molecular flexibility index (Phi) is 4.54. The molecule has 1 aromatic rings. The molecule has 0 unspecified atom stereocenters. The molecule has 0 bridgehead atoms. The second-order valence-electron chi connectivity index (χ2n) is 2.74. The molecule has 0 amide bonds. The number of nitrogens with zero attached hydrogens (tertiary/aromatic N) is 1. The van der Waals surface area contributed by atoms with Crippen LogP contribution in [0.2, 0.25) is 0 Å². The van der Waals surface area contributed by atoms with Gasteiger partial charge in [0.2, 0.25) is 0 Å². The van der Waals surface area contributed by atoms with Gasteiger partial charge in [0.25, 0.3) is 0 Å². The highest BCUT2D eigenvalue weighted by Gasteiger charge is 2.05. The first-order valence-electron chi connectivity index (χ1n) is 4.45. The second kappa shape index (κ2) is 5.96. The number of methoxy groups -OCH3 is 1. The maximum absolute atomic E-state index is 8.96. The summed E-state index contributed by atoms with van der Waals surface area (Å²) in [6.45, 7) is 0. The lowest BCUT2D eigenvalue weighted by atomic mass is 10.1. The van der Waals surface area contributed by atoms with E-state index in [1.807, 2.05) is 6.07 Å². The normalized spacial score (nSPS) is 8.60. The van der Waals surface area contributed by atoms with E-state index in [0.29, 0.717) is 29.2 Å². The number of benzene rings is 1. The van der Waals surface area contributed by atoms with Gasteiger partial charge in [-0.15, -0.1) is 11.6 Å². The third-order valence-electron chi connectivity index (χ3n) is 1.80. The summed E-state index contributed by atoms with van der Waals surface area (Å²) in [5.74, 6) is 6.84. The van der Waals surface area contributed by atoms with Crippen LogP contribution in [0, 0.1) is 23.2 Å². The number of halogens is 1. The van der Waals surface area contributed by atoms with Gasteiger partial charge >= 0.3 is 0 Å². The average Bonchev–Trinajstić information content (AvgIpc) is 2.29. The number of rotatable bonds is 2. The molecule has 0 aliphatic heterocycles. The minimum absolute atomic E-state index is 0.474. The van der Waals surface area contributed by atoms with Crippen LogP contribution in [0.4, 0.5) is 0 Å². The molecule has 1 rings (SSSR count). The van der Waals surface area contributed by atoms with Crippen LogP contribution in [0.3, 0.4) is 0 Å². The molecule has 0 spiro atoms. The largest absolute Gasteiger partial charge is 0.495 e. The number of nitriles is 1. The molecule has 0 atom stereocenters. The minimum atomic E-state index is 0.474. The Bertz CT molecular complexity index is 437.